The first-order valence-electron chi connectivity index (χ1n) is 5.88. The Hall–Kier alpha value is -1.98. The fourth-order valence-corrected chi connectivity index (χ4v) is 1.79. The van der Waals surface area contributed by atoms with Gasteiger partial charge in [-0.2, -0.15) is 13.2 Å². The number of benzene rings is 1. The van der Waals surface area contributed by atoms with E-state index in [-0.39, 0.29) is 18.9 Å². The maximum Gasteiger partial charge on any atom is 0.389 e. The number of aromatic amines is 1. The van der Waals surface area contributed by atoms with Gasteiger partial charge in [-0.1, -0.05) is 0 Å². The fourth-order valence-electron chi connectivity index (χ4n) is 1.79. The second kappa shape index (κ2) is 5.34. The monoisotopic (exact) mass is 270 g/mol. The number of alkyl halides is 3. The zero-order chi connectivity index (χ0) is 13.9. The molecule has 2 aromatic rings. The number of H-pyrrole nitrogens is 1. The van der Waals surface area contributed by atoms with Crippen LogP contribution in [0.1, 0.15) is 23.2 Å². The normalized spacial score (nSPS) is 11.7. The van der Waals surface area contributed by atoms with Gasteiger partial charge in [-0.05, 0) is 30.7 Å². The topological polar surface area (TPSA) is 44.9 Å². The molecular weight excluding hydrogens is 257 g/mol. The van der Waals surface area contributed by atoms with E-state index in [4.69, 9.17) is 0 Å². The van der Waals surface area contributed by atoms with Crippen LogP contribution in [0.25, 0.3) is 10.9 Å². The Labute approximate surface area is 107 Å². The van der Waals surface area contributed by atoms with E-state index in [0.717, 1.165) is 10.9 Å². The van der Waals surface area contributed by atoms with E-state index < -0.39 is 12.6 Å². The van der Waals surface area contributed by atoms with Crippen LogP contribution < -0.4 is 5.32 Å². The summed E-state index contributed by atoms with van der Waals surface area (Å²) in [5.74, 6) is -0.356. The zero-order valence-electron chi connectivity index (χ0n) is 10.1. The van der Waals surface area contributed by atoms with Crippen molar-refractivity contribution >= 4 is 16.8 Å². The summed E-state index contributed by atoms with van der Waals surface area (Å²) in [5.41, 5.74) is 1.35. The van der Waals surface area contributed by atoms with Crippen LogP contribution in [0.15, 0.2) is 30.5 Å². The van der Waals surface area contributed by atoms with E-state index in [1.165, 1.54) is 0 Å². The summed E-state index contributed by atoms with van der Waals surface area (Å²) in [4.78, 5) is 14.7. The molecule has 0 spiro atoms. The number of carbonyl (C=O) groups excluding carboxylic acids is 1. The molecule has 1 aromatic carbocycles. The third-order valence-corrected chi connectivity index (χ3v) is 2.74. The second-order valence-corrected chi connectivity index (χ2v) is 4.25. The Morgan fingerprint density at radius 1 is 1.26 bits per heavy atom. The molecule has 0 atom stereocenters. The SMILES string of the molecule is O=C(NCCCC(F)(F)F)c1ccc2[nH]ccc2c1. The average molecular weight is 270 g/mol. The largest absolute Gasteiger partial charge is 0.389 e. The number of aromatic nitrogens is 1. The van der Waals surface area contributed by atoms with E-state index in [9.17, 15) is 18.0 Å². The van der Waals surface area contributed by atoms with Crippen molar-refractivity contribution in [1.29, 1.82) is 0 Å². The standard InChI is InChI=1S/C13H13F3N2O/c14-13(15,16)5-1-6-18-12(19)10-2-3-11-9(8-10)4-7-17-11/h2-4,7-8,17H,1,5-6H2,(H,18,19). The van der Waals surface area contributed by atoms with Crippen molar-refractivity contribution in [2.75, 3.05) is 6.54 Å². The predicted molar refractivity (Wildman–Crippen MR) is 65.9 cm³/mol. The number of halogens is 3. The van der Waals surface area contributed by atoms with Crippen LogP contribution in [-0.4, -0.2) is 23.6 Å². The van der Waals surface area contributed by atoms with E-state index in [1.54, 1.807) is 24.4 Å². The van der Waals surface area contributed by atoms with Gasteiger partial charge in [-0.25, -0.2) is 0 Å². The number of amides is 1. The number of hydrogen-bond donors (Lipinski definition) is 2. The number of fused-ring (bicyclic) bond motifs is 1. The molecule has 19 heavy (non-hydrogen) atoms. The minimum absolute atomic E-state index is 0.0174. The first kappa shape index (κ1) is 13.5. The Kier molecular flexibility index (Phi) is 3.78. The summed E-state index contributed by atoms with van der Waals surface area (Å²) in [5, 5.41) is 3.37. The molecule has 0 fully saturated rings. The van der Waals surface area contributed by atoms with Gasteiger partial charge in [-0.15, -0.1) is 0 Å². The molecule has 3 nitrogen and oxygen atoms in total. The van der Waals surface area contributed by atoms with Gasteiger partial charge in [0.15, 0.2) is 0 Å². The maximum absolute atomic E-state index is 11.9. The van der Waals surface area contributed by atoms with Crippen LogP contribution in [0.4, 0.5) is 13.2 Å². The van der Waals surface area contributed by atoms with Gasteiger partial charge < -0.3 is 10.3 Å². The van der Waals surface area contributed by atoms with Crippen molar-refractivity contribution in [3.05, 3.63) is 36.0 Å². The van der Waals surface area contributed by atoms with Crippen molar-refractivity contribution in [2.24, 2.45) is 0 Å². The summed E-state index contributed by atoms with van der Waals surface area (Å²) in [6.07, 6.45) is -3.41. The highest BCUT2D eigenvalue weighted by Gasteiger charge is 2.25. The molecule has 0 bridgehead atoms. The molecular formula is C13H13F3N2O. The molecule has 0 saturated heterocycles. The van der Waals surface area contributed by atoms with Crippen LogP contribution in [0.5, 0.6) is 0 Å². The van der Waals surface area contributed by atoms with Crippen molar-refractivity contribution in [2.45, 2.75) is 19.0 Å². The van der Waals surface area contributed by atoms with Gasteiger partial charge in [-0.3, -0.25) is 4.79 Å². The van der Waals surface area contributed by atoms with Crippen LogP contribution in [0, 0.1) is 0 Å². The lowest BCUT2D eigenvalue weighted by molar-refractivity contribution is -0.135. The van der Waals surface area contributed by atoms with Crippen LogP contribution in [0.3, 0.4) is 0 Å². The fraction of sp³-hybridized carbons (Fsp3) is 0.308. The summed E-state index contributed by atoms with van der Waals surface area (Å²) in [6, 6.07) is 6.93. The summed E-state index contributed by atoms with van der Waals surface area (Å²) < 4.78 is 35.8. The smallest absolute Gasteiger partial charge is 0.361 e. The highest BCUT2D eigenvalue weighted by molar-refractivity contribution is 5.98. The molecule has 2 N–H and O–H groups in total. The number of hydrogen-bond acceptors (Lipinski definition) is 1. The molecule has 1 heterocycles. The maximum atomic E-state index is 11.9. The molecule has 0 aliphatic heterocycles. The summed E-state index contributed by atoms with van der Waals surface area (Å²) in [6.45, 7) is 0.0174. The Morgan fingerprint density at radius 3 is 2.79 bits per heavy atom. The number of rotatable bonds is 4. The second-order valence-electron chi connectivity index (χ2n) is 4.25. The molecule has 0 saturated carbocycles. The van der Waals surface area contributed by atoms with Crippen molar-refractivity contribution in [1.82, 2.24) is 10.3 Å². The molecule has 1 aromatic heterocycles. The summed E-state index contributed by atoms with van der Waals surface area (Å²) in [7, 11) is 0. The molecule has 0 unspecified atom stereocenters. The average Bonchev–Trinajstić information content (AvgIpc) is 2.80. The molecule has 2 rings (SSSR count). The van der Waals surface area contributed by atoms with E-state index in [1.807, 2.05) is 6.07 Å². The number of nitrogens with one attached hydrogen (secondary N) is 2. The van der Waals surface area contributed by atoms with Gasteiger partial charge in [0.1, 0.15) is 0 Å². The van der Waals surface area contributed by atoms with Gasteiger partial charge in [0.05, 0.1) is 0 Å². The first-order valence-corrected chi connectivity index (χ1v) is 5.88. The lowest BCUT2D eigenvalue weighted by Crippen LogP contribution is -2.25. The third kappa shape index (κ3) is 3.74. The molecule has 6 heteroatoms. The van der Waals surface area contributed by atoms with E-state index >= 15 is 0 Å². The van der Waals surface area contributed by atoms with Crippen LogP contribution in [0.2, 0.25) is 0 Å². The lowest BCUT2D eigenvalue weighted by Gasteiger charge is -2.07. The first-order chi connectivity index (χ1) is 8.96. The van der Waals surface area contributed by atoms with Gasteiger partial charge in [0, 0.05) is 35.6 Å². The Bertz CT molecular complexity index is 575. The summed E-state index contributed by atoms with van der Waals surface area (Å²) >= 11 is 0. The lowest BCUT2D eigenvalue weighted by atomic mass is 10.1. The minimum atomic E-state index is -4.17. The predicted octanol–water partition coefficient (Wildman–Crippen LogP) is 3.24. The third-order valence-electron chi connectivity index (χ3n) is 2.74. The number of carbonyl (C=O) groups is 1. The highest BCUT2D eigenvalue weighted by Crippen LogP contribution is 2.20. The van der Waals surface area contributed by atoms with Crippen LogP contribution in [-0.2, 0) is 0 Å². The molecule has 1 amide bonds. The Balaban J connectivity index is 1.89. The molecule has 0 radical (unpaired) electrons. The van der Waals surface area contributed by atoms with E-state index in [2.05, 4.69) is 10.3 Å². The van der Waals surface area contributed by atoms with Crippen molar-refractivity contribution in [3.63, 3.8) is 0 Å². The van der Waals surface area contributed by atoms with Crippen molar-refractivity contribution < 1.29 is 18.0 Å². The van der Waals surface area contributed by atoms with Gasteiger partial charge in [0.25, 0.3) is 5.91 Å². The van der Waals surface area contributed by atoms with E-state index in [0.29, 0.717) is 5.56 Å². The molecule has 102 valence electrons. The highest BCUT2D eigenvalue weighted by atomic mass is 19.4. The Morgan fingerprint density at radius 2 is 2.05 bits per heavy atom. The minimum Gasteiger partial charge on any atom is -0.361 e. The quantitative estimate of drug-likeness (QED) is 0.823. The zero-order valence-corrected chi connectivity index (χ0v) is 10.1. The van der Waals surface area contributed by atoms with Gasteiger partial charge in [0.2, 0.25) is 0 Å². The molecule has 0 aliphatic rings. The molecule has 0 aliphatic carbocycles. The van der Waals surface area contributed by atoms with Crippen LogP contribution >= 0.6 is 0 Å². The van der Waals surface area contributed by atoms with Gasteiger partial charge >= 0.3 is 6.18 Å². The van der Waals surface area contributed by atoms with Crippen molar-refractivity contribution in [3.8, 4) is 0 Å².